The van der Waals surface area contributed by atoms with Gasteiger partial charge in [0.1, 0.15) is 5.78 Å². The fourth-order valence-electron chi connectivity index (χ4n) is 1.65. The topological polar surface area (TPSA) is 41.5 Å². The maximum absolute atomic E-state index is 11.2. The average Bonchev–Trinajstić information content (AvgIpc) is 2.28. The predicted molar refractivity (Wildman–Crippen MR) is 61.0 cm³/mol. The van der Waals surface area contributed by atoms with Gasteiger partial charge in [0, 0.05) is 18.6 Å². The van der Waals surface area contributed by atoms with Crippen molar-refractivity contribution in [3.8, 4) is 0 Å². The summed E-state index contributed by atoms with van der Waals surface area (Å²) in [5, 5.41) is 4.25. The highest BCUT2D eigenvalue weighted by atomic mass is 16.1. The Hall–Kier alpha value is -1.64. The molecule has 0 amide bonds. The summed E-state index contributed by atoms with van der Waals surface area (Å²) < 4.78 is 0. The number of rotatable bonds is 2. The molecular weight excluding hydrogens is 188 g/mol. The number of hydrogen-bond donors (Lipinski definition) is 1. The average molecular weight is 202 g/mol. The molecule has 1 fully saturated rings. The summed E-state index contributed by atoms with van der Waals surface area (Å²) in [7, 11) is 0. The van der Waals surface area contributed by atoms with Gasteiger partial charge in [-0.25, -0.2) is 0 Å². The van der Waals surface area contributed by atoms with Gasteiger partial charge >= 0.3 is 0 Å². The van der Waals surface area contributed by atoms with Crippen LogP contribution in [-0.2, 0) is 4.79 Å². The van der Waals surface area contributed by atoms with E-state index in [1.54, 1.807) is 0 Å². The van der Waals surface area contributed by atoms with E-state index in [1.807, 2.05) is 30.3 Å². The zero-order valence-electron chi connectivity index (χ0n) is 8.57. The standard InChI is InChI=1S/C12H14N2O/c15-12-8-4-7-11(9-12)14-13-10-5-2-1-3-6-10/h1-3,5-6,13H,4,7-9H2/b14-11+. The van der Waals surface area contributed by atoms with E-state index in [2.05, 4.69) is 10.5 Å². The molecule has 0 saturated heterocycles. The van der Waals surface area contributed by atoms with E-state index in [-0.39, 0.29) is 0 Å². The molecule has 1 N–H and O–H groups in total. The number of para-hydroxylation sites is 1. The van der Waals surface area contributed by atoms with Gasteiger partial charge in [-0.2, -0.15) is 5.10 Å². The molecule has 1 aliphatic rings. The minimum Gasteiger partial charge on any atom is -0.299 e. The molecule has 78 valence electrons. The first-order valence-corrected chi connectivity index (χ1v) is 5.23. The maximum atomic E-state index is 11.2. The molecule has 0 aromatic heterocycles. The van der Waals surface area contributed by atoms with Crippen molar-refractivity contribution in [3.63, 3.8) is 0 Å². The predicted octanol–water partition coefficient (Wildman–Crippen LogP) is 2.60. The number of Topliss-reactive ketones (excluding diaryl/α,β-unsaturated/α-hetero) is 1. The highest BCUT2D eigenvalue weighted by Gasteiger charge is 2.13. The van der Waals surface area contributed by atoms with Crippen molar-refractivity contribution in [3.05, 3.63) is 30.3 Å². The van der Waals surface area contributed by atoms with Crippen molar-refractivity contribution in [1.82, 2.24) is 0 Å². The Bertz CT molecular complexity index is 370. The fraction of sp³-hybridized carbons (Fsp3) is 0.333. The van der Waals surface area contributed by atoms with Crippen LogP contribution in [0.15, 0.2) is 35.4 Å². The van der Waals surface area contributed by atoms with Crippen LogP contribution in [0.1, 0.15) is 25.7 Å². The van der Waals surface area contributed by atoms with E-state index in [0.717, 1.165) is 24.2 Å². The molecule has 0 unspecified atom stereocenters. The number of anilines is 1. The van der Waals surface area contributed by atoms with Crippen LogP contribution in [0, 0.1) is 0 Å². The number of hydrogen-bond acceptors (Lipinski definition) is 3. The summed E-state index contributed by atoms with van der Waals surface area (Å²) in [6.45, 7) is 0. The molecule has 0 bridgehead atoms. The molecular formula is C12H14N2O. The van der Waals surface area contributed by atoms with E-state index < -0.39 is 0 Å². The van der Waals surface area contributed by atoms with E-state index in [0.29, 0.717) is 18.6 Å². The molecule has 3 nitrogen and oxygen atoms in total. The van der Waals surface area contributed by atoms with Crippen LogP contribution in [0.4, 0.5) is 5.69 Å². The number of nitrogens with zero attached hydrogens (tertiary/aromatic N) is 1. The molecule has 0 spiro atoms. The molecule has 15 heavy (non-hydrogen) atoms. The van der Waals surface area contributed by atoms with Gasteiger partial charge in [0.25, 0.3) is 0 Å². The summed E-state index contributed by atoms with van der Waals surface area (Å²) in [4.78, 5) is 11.2. The minimum absolute atomic E-state index is 0.301. The molecule has 0 aliphatic heterocycles. The summed E-state index contributed by atoms with van der Waals surface area (Å²) in [6, 6.07) is 9.77. The monoisotopic (exact) mass is 202 g/mol. The third-order valence-corrected chi connectivity index (χ3v) is 2.44. The number of ketones is 1. The second-order valence-electron chi connectivity index (χ2n) is 3.72. The number of hydrazone groups is 1. The number of carbonyl (C=O) groups excluding carboxylic acids is 1. The number of benzene rings is 1. The van der Waals surface area contributed by atoms with Gasteiger partial charge < -0.3 is 0 Å². The normalized spacial score (nSPS) is 19.2. The Labute approximate surface area is 89.2 Å². The third kappa shape index (κ3) is 2.91. The van der Waals surface area contributed by atoms with Crippen LogP contribution >= 0.6 is 0 Å². The number of nitrogens with one attached hydrogen (secondary N) is 1. The lowest BCUT2D eigenvalue weighted by Gasteiger charge is -2.11. The van der Waals surface area contributed by atoms with Crippen LogP contribution < -0.4 is 5.43 Å². The quantitative estimate of drug-likeness (QED) is 0.749. The van der Waals surface area contributed by atoms with Crippen LogP contribution in [-0.4, -0.2) is 11.5 Å². The van der Waals surface area contributed by atoms with Crippen molar-refractivity contribution in [2.75, 3.05) is 5.43 Å². The Morgan fingerprint density at radius 2 is 1.93 bits per heavy atom. The van der Waals surface area contributed by atoms with E-state index in [9.17, 15) is 4.79 Å². The summed E-state index contributed by atoms with van der Waals surface area (Å²) >= 11 is 0. The first kappa shape index (κ1) is 9.90. The second kappa shape index (κ2) is 4.73. The fourth-order valence-corrected chi connectivity index (χ4v) is 1.65. The van der Waals surface area contributed by atoms with Crippen LogP contribution in [0.5, 0.6) is 0 Å². The van der Waals surface area contributed by atoms with Crippen molar-refractivity contribution in [2.24, 2.45) is 5.10 Å². The molecule has 1 saturated carbocycles. The minimum atomic E-state index is 0.301. The van der Waals surface area contributed by atoms with E-state index in [4.69, 9.17) is 0 Å². The van der Waals surface area contributed by atoms with Gasteiger partial charge in [0.15, 0.2) is 0 Å². The Morgan fingerprint density at radius 3 is 2.67 bits per heavy atom. The summed E-state index contributed by atoms with van der Waals surface area (Å²) in [5.74, 6) is 0.301. The largest absolute Gasteiger partial charge is 0.299 e. The van der Waals surface area contributed by atoms with Crippen molar-refractivity contribution in [2.45, 2.75) is 25.7 Å². The molecule has 1 aromatic rings. The van der Waals surface area contributed by atoms with Crippen molar-refractivity contribution < 1.29 is 4.79 Å². The number of carbonyl (C=O) groups is 1. The van der Waals surface area contributed by atoms with Gasteiger partial charge in [-0.15, -0.1) is 0 Å². The molecule has 0 radical (unpaired) electrons. The third-order valence-electron chi connectivity index (χ3n) is 2.44. The van der Waals surface area contributed by atoms with Gasteiger partial charge in [-0.05, 0) is 25.0 Å². The zero-order valence-corrected chi connectivity index (χ0v) is 8.57. The lowest BCUT2D eigenvalue weighted by molar-refractivity contribution is -0.118. The van der Waals surface area contributed by atoms with E-state index >= 15 is 0 Å². The van der Waals surface area contributed by atoms with Crippen LogP contribution in [0.25, 0.3) is 0 Å². The maximum Gasteiger partial charge on any atom is 0.138 e. The Morgan fingerprint density at radius 1 is 1.13 bits per heavy atom. The SMILES string of the molecule is O=C1CCC/C(=N\Nc2ccccc2)C1. The first-order valence-electron chi connectivity index (χ1n) is 5.23. The smallest absolute Gasteiger partial charge is 0.138 e. The second-order valence-corrected chi connectivity index (χ2v) is 3.72. The van der Waals surface area contributed by atoms with Gasteiger partial charge in [-0.3, -0.25) is 10.2 Å². The Balaban J connectivity index is 1.96. The van der Waals surface area contributed by atoms with Gasteiger partial charge in [0.2, 0.25) is 0 Å². The molecule has 1 aliphatic carbocycles. The Kier molecular flexibility index (Phi) is 3.12. The molecule has 3 heteroatoms. The summed E-state index contributed by atoms with van der Waals surface area (Å²) in [5.41, 5.74) is 4.90. The highest BCUT2D eigenvalue weighted by molar-refractivity contribution is 6.04. The molecule has 2 rings (SSSR count). The molecule has 0 heterocycles. The van der Waals surface area contributed by atoms with Crippen molar-refractivity contribution >= 4 is 17.2 Å². The lowest BCUT2D eigenvalue weighted by atomic mass is 9.97. The molecule has 1 aromatic carbocycles. The van der Waals surface area contributed by atoms with Gasteiger partial charge in [-0.1, -0.05) is 18.2 Å². The van der Waals surface area contributed by atoms with Gasteiger partial charge in [0.05, 0.1) is 5.69 Å². The summed E-state index contributed by atoms with van der Waals surface area (Å²) in [6.07, 6.45) is 3.10. The van der Waals surface area contributed by atoms with Crippen LogP contribution in [0.3, 0.4) is 0 Å². The molecule has 0 atom stereocenters. The van der Waals surface area contributed by atoms with Crippen LogP contribution in [0.2, 0.25) is 0 Å². The zero-order chi connectivity index (χ0) is 10.5. The first-order chi connectivity index (χ1) is 7.34. The van der Waals surface area contributed by atoms with E-state index in [1.165, 1.54) is 0 Å². The highest BCUT2D eigenvalue weighted by Crippen LogP contribution is 2.13. The van der Waals surface area contributed by atoms with Crippen molar-refractivity contribution in [1.29, 1.82) is 0 Å². The lowest BCUT2D eigenvalue weighted by Crippen LogP contribution is -2.15.